The lowest BCUT2D eigenvalue weighted by Gasteiger charge is -2.22. The van der Waals surface area contributed by atoms with Gasteiger partial charge in [-0.15, -0.1) is 12.4 Å². The molecule has 1 saturated carbocycles. The van der Waals surface area contributed by atoms with Crippen molar-refractivity contribution in [3.8, 4) is 0 Å². The van der Waals surface area contributed by atoms with E-state index in [1.165, 1.54) is 18.3 Å². The Labute approximate surface area is 134 Å². The van der Waals surface area contributed by atoms with Crippen molar-refractivity contribution in [1.82, 2.24) is 9.88 Å². The zero-order valence-electron chi connectivity index (χ0n) is 11.9. The van der Waals surface area contributed by atoms with Crippen molar-refractivity contribution in [1.29, 1.82) is 0 Å². The number of anilines is 1. The third-order valence-electron chi connectivity index (χ3n) is 3.52. The molecule has 0 atom stereocenters. The first-order chi connectivity index (χ1) is 10.1. The van der Waals surface area contributed by atoms with E-state index >= 15 is 0 Å². The van der Waals surface area contributed by atoms with E-state index in [2.05, 4.69) is 4.98 Å². The summed E-state index contributed by atoms with van der Waals surface area (Å²) in [5.41, 5.74) is 7.42. The van der Waals surface area contributed by atoms with Crippen molar-refractivity contribution in [3.05, 3.63) is 59.7 Å². The van der Waals surface area contributed by atoms with E-state index in [1.54, 1.807) is 29.2 Å². The SMILES string of the molecule is Cl.Nc1ccc(C(=O)N(Cc2ccc(F)cc2)C2CC2)nc1. The normalized spacial score (nSPS) is 13.3. The van der Waals surface area contributed by atoms with Crippen LogP contribution in [0.2, 0.25) is 0 Å². The summed E-state index contributed by atoms with van der Waals surface area (Å²) in [7, 11) is 0. The average Bonchev–Trinajstić information content (AvgIpc) is 3.31. The molecule has 1 fully saturated rings. The summed E-state index contributed by atoms with van der Waals surface area (Å²) >= 11 is 0. The summed E-state index contributed by atoms with van der Waals surface area (Å²) in [6.45, 7) is 0.468. The molecule has 1 heterocycles. The van der Waals surface area contributed by atoms with Crippen molar-refractivity contribution in [2.75, 3.05) is 5.73 Å². The Kier molecular flexibility index (Phi) is 4.98. The van der Waals surface area contributed by atoms with Gasteiger partial charge in [-0.25, -0.2) is 9.37 Å². The number of benzene rings is 1. The largest absolute Gasteiger partial charge is 0.397 e. The van der Waals surface area contributed by atoms with Gasteiger partial charge in [0.2, 0.25) is 0 Å². The number of rotatable bonds is 4. The number of hydrogen-bond donors (Lipinski definition) is 1. The van der Waals surface area contributed by atoms with E-state index in [9.17, 15) is 9.18 Å². The van der Waals surface area contributed by atoms with Crippen molar-refractivity contribution >= 4 is 24.0 Å². The van der Waals surface area contributed by atoms with Gasteiger partial charge >= 0.3 is 0 Å². The summed E-state index contributed by atoms with van der Waals surface area (Å²) in [4.78, 5) is 18.4. The molecule has 22 heavy (non-hydrogen) atoms. The molecule has 1 aliphatic carbocycles. The molecule has 0 bridgehead atoms. The second-order valence-electron chi connectivity index (χ2n) is 5.27. The molecular formula is C16H17ClFN3O. The van der Waals surface area contributed by atoms with E-state index in [0.29, 0.717) is 17.9 Å². The smallest absolute Gasteiger partial charge is 0.272 e. The van der Waals surface area contributed by atoms with E-state index in [4.69, 9.17) is 5.73 Å². The Hall–Kier alpha value is -2.14. The number of hydrogen-bond acceptors (Lipinski definition) is 3. The Balaban J connectivity index is 0.00000176. The summed E-state index contributed by atoms with van der Waals surface area (Å²) in [6, 6.07) is 9.78. The molecule has 0 saturated heterocycles. The molecule has 3 rings (SSSR count). The molecule has 1 aromatic carbocycles. The fraction of sp³-hybridized carbons (Fsp3) is 0.250. The zero-order valence-corrected chi connectivity index (χ0v) is 12.7. The van der Waals surface area contributed by atoms with Gasteiger partial charge in [0.15, 0.2) is 0 Å². The van der Waals surface area contributed by atoms with Crippen molar-refractivity contribution in [3.63, 3.8) is 0 Å². The summed E-state index contributed by atoms with van der Waals surface area (Å²) < 4.78 is 13.0. The lowest BCUT2D eigenvalue weighted by molar-refractivity contribution is 0.0724. The molecule has 0 spiro atoms. The highest BCUT2D eigenvalue weighted by molar-refractivity contribution is 5.92. The van der Waals surface area contributed by atoms with Gasteiger partial charge in [-0.1, -0.05) is 12.1 Å². The van der Waals surface area contributed by atoms with Crippen LogP contribution in [0.5, 0.6) is 0 Å². The number of nitrogens with zero attached hydrogens (tertiary/aromatic N) is 2. The number of nitrogens with two attached hydrogens (primary N) is 1. The molecule has 1 aromatic heterocycles. The third-order valence-corrected chi connectivity index (χ3v) is 3.52. The Bertz CT molecular complexity index is 641. The van der Waals surface area contributed by atoms with Gasteiger partial charge in [-0.05, 0) is 42.7 Å². The van der Waals surface area contributed by atoms with Crippen LogP contribution < -0.4 is 5.73 Å². The quantitative estimate of drug-likeness (QED) is 0.941. The molecule has 1 aliphatic rings. The molecule has 2 N–H and O–H groups in total. The lowest BCUT2D eigenvalue weighted by atomic mass is 10.2. The van der Waals surface area contributed by atoms with Crippen LogP contribution in [0.25, 0.3) is 0 Å². The van der Waals surface area contributed by atoms with Crippen LogP contribution in [-0.2, 0) is 6.54 Å². The van der Waals surface area contributed by atoms with Crippen LogP contribution in [-0.4, -0.2) is 21.8 Å². The molecule has 1 amide bonds. The first-order valence-corrected chi connectivity index (χ1v) is 6.90. The van der Waals surface area contributed by atoms with Gasteiger partial charge in [0.25, 0.3) is 5.91 Å². The summed E-state index contributed by atoms with van der Waals surface area (Å²) in [6.07, 6.45) is 3.49. The van der Waals surface area contributed by atoms with Crippen LogP contribution in [0, 0.1) is 5.82 Å². The molecule has 0 unspecified atom stereocenters. The zero-order chi connectivity index (χ0) is 14.8. The molecule has 4 nitrogen and oxygen atoms in total. The molecule has 116 valence electrons. The Morgan fingerprint density at radius 1 is 1.23 bits per heavy atom. The van der Waals surface area contributed by atoms with E-state index in [1.807, 2.05) is 0 Å². The van der Waals surface area contributed by atoms with Gasteiger partial charge in [0.05, 0.1) is 11.9 Å². The second kappa shape index (κ2) is 6.75. The average molecular weight is 322 g/mol. The lowest BCUT2D eigenvalue weighted by Crippen LogP contribution is -2.33. The van der Waals surface area contributed by atoms with Crippen molar-refractivity contribution in [2.45, 2.75) is 25.4 Å². The predicted octanol–water partition coefficient (Wildman–Crippen LogP) is 3.03. The van der Waals surface area contributed by atoms with Crippen LogP contribution in [0.3, 0.4) is 0 Å². The molecule has 6 heteroatoms. The van der Waals surface area contributed by atoms with E-state index < -0.39 is 0 Å². The topological polar surface area (TPSA) is 59.2 Å². The van der Waals surface area contributed by atoms with Crippen molar-refractivity contribution < 1.29 is 9.18 Å². The van der Waals surface area contributed by atoms with Crippen LogP contribution in [0.15, 0.2) is 42.6 Å². The Morgan fingerprint density at radius 2 is 1.91 bits per heavy atom. The van der Waals surface area contributed by atoms with Crippen molar-refractivity contribution in [2.24, 2.45) is 0 Å². The maximum Gasteiger partial charge on any atom is 0.272 e. The number of pyridine rings is 1. The summed E-state index contributed by atoms with van der Waals surface area (Å²) in [5, 5.41) is 0. The highest BCUT2D eigenvalue weighted by Gasteiger charge is 2.33. The number of carbonyl (C=O) groups excluding carboxylic acids is 1. The monoisotopic (exact) mass is 321 g/mol. The number of nitrogen functional groups attached to an aromatic ring is 1. The number of amides is 1. The number of aromatic nitrogens is 1. The highest BCUT2D eigenvalue weighted by atomic mass is 35.5. The Morgan fingerprint density at radius 3 is 2.45 bits per heavy atom. The summed E-state index contributed by atoms with van der Waals surface area (Å²) in [5.74, 6) is -0.384. The van der Waals surface area contributed by atoms with Gasteiger partial charge in [0, 0.05) is 12.6 Å². The third kappa shape index (κ3) is 3.74. The van der Waals surface area contributed by atoms with Gasteiger partial charge in [-0.3, -0.25) is 4.79 Å². The number of carbonyl (C=O) groups is 1. The van der Waals surface area contributed by atoms with E-state index in [-0.39, 0.29) is 30.2 Å². The first kappa shape index (κ1) is 16.2. The minimum atomic E-state index is -0.275. The fourth-order valence-corrected chi connectivity index (χ4v) is 2.22. The maximum absolute atomic E-state index is 13.0. The predicted molar refractivity (Wildman–Crippen MR) is 85.2 cm³/mol. The van der Waals surface area contributed by atoms with Gasteiger partial charge in [0.1, 0.15) is 11.5 Å². The van der Waals surface area contributed by atoms with Crippen LogP contribution in [0.1, 0.15) is 28.9 Å². The highest BCUT2D eigenvalue weighted by Crippen LogP contribution is 2.29. The van der Waals surface area contributed by atoms with Crippen LogP contribution >= 0.6 is 12.4 Å². The second-order valence-corrected chi connectivity index (χ2v) is 5.27. The fourth-order valence-electron chi connectivity index (χ4n) is 2.22. The number of halogens is 2. The maximum atomic E-state index is 13.0. The van der Waals surface area contributed by atoms with Crippen LogP contribution in [0.4, 0.5) is 10.1 Å². The molecule has 2 aromatic rings. The molecular weight excluding hydrogens is 305 g/mol. The van der Waals surface area contributed by atoms with Gasteiger partial charge < -0.3 is 10.6 Å². The first-order valence-electron chi connectivity index (χ1n) is 6.90. The molecule has 0 aliphatic heterocycles. The van der Waals surface area contributed by atoms with E-state index in [0.717, 1.165) is 18.4 Å². The minimum absolute atomic E-state index is 0. The minimum Gasteiger partial charge on any atom is -0.397 e. The standard InChI is InChI=1S/C16H16FN3O.ClH/c17-12-3-1-11(2-4-12)10-20(14-6-7-14)16(21)15-8-5-13(18)9-19-15;/h1-5,8-9,14H,6-7,10,18H2;1H. The van der Waals surface area contributed by atoms with Gasteiger partial charge in [-0.2, -0.15) is 0 Å². The molecule has 0 radical (unpaired) electrons.